The lowest BCUT2D eigenvalue weighted by molar-refractivity contribution is -0.124. The highest BCUT2D eigenvalue weighted by molar-refractivity contribution is 5.98. The number of amides is 2. The quantitative estimate of drug-likeness (QED) is 0.870. The zero-order valence-corrected chi connectivity index (χ0v) is 15.2. The summed E-state index contributed by atoms with van der Waals surface area (Å²) in [6.07, 6.45) is 1.54. The van der Waals surface area contributed by atoms with E-state index in [4.69, 9.17) is 0 Å². The van der Waals surface area contributed by atoms with Crippen molar-refractivity contribution in [2.75, 3.05) is 25.5 Å². The van der Waals surface area contributed by atoms with Crippen LogP contribution in [0.4, 0.5) is 5.95 Å². The summed E-state index contributed by atoms with van der Waals surface area (Å²) in [7, 11) is 3.79. The minimum absolute atomic E-state index is 0.117. The summed E-state index contributed by atoms with van der Waals surface area (Å²) in [5.74, 6) is 0.283. The lowest BCUT2D eigenvalue weighted by Crippen LogP contribution is -2.50. The number of nitrogens with zero attached hydrogens (tertiary/aromatic N) is 3. The Kier molecular flexibility index (Phi) is 5.16. The second-order valence-corrected chi connectivity index (χ2v) is 6.63. The molecule has 0 radical (unpaired) electrons. The van der Waals surface area contributed by atoms with Gasteiger partial charge in [0.2, 0.25) is 11.9 Å². The second kappa shape index (κ2) is 7.51. The van der Waals surface area contributed by atoms with E-state index in [0.29, 0.717) is 24.5 Å². The number of carbonyl (C=O) groups is 2. The van der Waals surface area contributed by atoms with Crippen LogP contribution in [0.2, 0.25) is 0 Å². The standard InChI is InChI=1S/C19H23N5O2/c1-12-11-16(23-19(21-12)24(2)3)13-6-8-14(9-7-13)17(25)22-15-5-4-10-20-18(15)26/h6-9,11,15H,4-5,10H2,1-3H3,(H,20,26)(H,22,25)/t15-/m1/s1. The zero-order chi connectivity index (χ0) is 18.7. The Morgan fingerprint density at radius 2 is 1.96 bits per heavy atom. The van der Waals surface area contributed by atoms with Gasteiger partial charge in [-0.3, -0.25) is 9.59 Å². The molecule has 2 amide bonds. The van der Waals surface area contributed by atoms with E-state index in [1.54, 1.807) is 12.1 Å². The fourth-order valence-corrected chi connectivity index (χ4v) is 2.84. The van der Waals surface area contributed by atoms with Crippen LogP contribution in [0, 0.1) is 6.92 Å². The van der Waals surface area contributed by atoms with Gasteiger partial charge in [0.1, 0.15) is 6.04 Å². The highest BCUT2D eigenvalue weighted by Gasteiger charge is 2.23. The van der Waals surface area contributed by atoms with Crippen LogP contribution < -0.4 is 15.5 Å². The molecule has 1 aliphatic heterocycles. The molecule has 0 aliphatic carbocycles. The minimum Gasteiger partial charge on any atom is -0.354 e. The number of anilines is 1. The number of hydrogen-bond donors (Lipinski definition) is 2. The van der Waals surface area contributed by atoms with Gasteiger partial charge in [-0.05, 0) is 38.0 Å². The van der Waals surface area contributed by atoms with Crippen molar-refractivity contribution in [3.63, 3.8) is 0 Å². The first-order valence-electron chi connectivity index (χ1n) is 8.66. The number of hydrogen-bond acceptors (Lipinski definition) is 5. The molecule has 1 saturated heterocycles. The summed E-state index contributed by atoms with van der Waals surface area (Å²) in [6, 6.07) is 8.67. The third-order valence-electron chi connectivity index (χ3n) is 4.28. The molecule has 1 aromatic carbocycles. The average molecular weight is 353 g/mol. The third kappa shape index (κ3) is 3.99. The van der Waals surface area contributed by atoms with E-state index < -0.39 is 6.04 Å². The minimum atomic E-state index is -0.455. The molecule has 1 aliphatic rings. The maximum atomic E-state index is 12.4. The van der Waals surface area contributed by atoms with Crippen molar-refractivity contribution < 1.29 is 9.59 Å². The third-order valence-corrected chi connectivity index (χ3v) is 4.28. The van der Waals surface area contributed by atoms with Crippen LogP contribution in [0.15, 0.2) is 30.3 Å². The lowest BCUT2D eigenvalue weighted by Gasteiger charge is -2.22. The summed E-state index contributed by atoms with van der Waals surface area (Å²) < 4.78 is 0. The van der Waals surface area contributed by atoms with E-state index in [0.717, 1.165) is 23.4 Å². The van der Waals surface area contributed by atoms with Gasteiger partial charge in [0, 0.05) is 37.5 Å². The summed E-state index contributed by atoms with van der Waals surface area (Å²) in [5.41, 5.74) is 3.11. The molecule has 0 spiro atoms. The van der Waals surface area contributed by atoms with Crippen LogP contribution in [-0.2, 0) is 4.79 Å². The molecular weight excluding hydrogens is 330 g/mol. The highest BCUT2D eigenvalue weighted by Crippen LogP contribution is 2.21. The first kappa shape index (κ1) is 17.8. The van der Waals surface area contributed by atoms with Crippen LogP contribution in [-0.4, -0.2) is 48.5 Å². The Hall–Kier alpha value is -2.96. The van der Waals surface area contributed by atoms with Crippen molar-refractivity contribution >= 4 is 17.8 Å². The van der Waals surface area contributed by atoms with Crippen LogP contribution >= 0.6 is 0 Å². The molecule has 2 N–H and O–H groups in total. The maximum Gasteiger partial charge on any atom is 0.251 e. The molecule has 2 heterocycles. The number of carbonyl (C=O) groups excluding carboxylic acids is 2. The number of benzene rings is 1. The van der Waals surface area contributed by atoms with E-state index >= 15 is 0 Å². The van der Waals surface area contributed by atoms with Gasteiger partial charge < -0.3 is 15.5 Å². The fourth-order valence-electron chi connectivity index (χ4n) is 2.84. The van der Waals surface area contributed by atoms with Crippen LogP contribution in [0.25, 0.3) is 11.3 Å². The zero-order valence-electron chi connectivity index (χ0n) is 15.2. The molecule has 1 atom stereocenters. The molecule has 0 bridgehead atoms. The summed E-state index contributed by atoms with van der Waals surface area (Å²) in [5, 5.41) is 5.56. The van der Waals surface area contributed by atoms with E-state index in [1.807, 2.05) is 44.1 Å². The number of rotatable bonds is 4. The highest BCUT2D eigenvalue weighted by atomic mass is 16.2. The molecule has 26 heavy (non-hydrogen) atoms. The predicted octanol–water partition coefficient (Wildman–Crippen LogP) is 1.53. The Balaban J connectivity index is 1.76. The Labute approximate surface area is 152 Å². The van der Waals surface area contributed by atoms with Crippen LogP contribution in [0.3, 0.4) is 0 Å². The van der Waals surface area contributed by atoms with Gasteiger partial charge in [-0.1, -0.05) is 12.1 Å². The van der Waals surface area contributed by atoms with Crippen molar-refractivity contribution in [2.24, 2.45) is 0 Å². The van der Waals surface area contributed by atoms with Gasteiger partial charge in [0.05, 0.1) is 5.69 Å². The van der Waals surface area contributed by atoms with Gasteiger partial charge >= 0.3 is 0 Å². The van der Waals surface area contributed by atoms with E-state index in [-0.39, 0.29) is 11.8 Å². The number of piperidine rings is 1. The molecule has 136 valence electrons. The van der Waals surface area contributed by atoms with Crippen LogP contribution in [0.1, 0.15) is 28.9 Å². The average Bonchev–Trinajstić information content (AvgIpc) is 2.63. The van der Waals surface area contributed by atoms with E-state index in [1.165, 1.54) is 0 Å². The van der Waals surface area contributed by atoms with Crippen LogP contribution in [0.5, 0.6) is 0 Å². The topological polar surface area (TPSA) is 87.2 Å². The number of aromatic nitrogens is 2. The first-order chi connectivity index (χ1) is 12.4. The Morgan fingerprint density at radius 1 is 1.23 bits per heavy atom. The lowest BCUT2D eigenvalue weighted by atomic mass is 10.0. The molecule has 2 aromatic rings. The first-order valence-corrected chi connectivity index (χ1v) is 8.66. The second-order valence-electron chi connectivity index (χ2n) is 6.63. The molecular formula is C19H23N5O2. The fraction of sp³-hybridized carbons (Fsp3) is 0.368. The molecule has 0 saturated carbocycles. The largest absolute Gasteiger partial charge is 0.354 e. The van der Waals surface area contributed by atoms with E-state index in [9.17, 15) is 9.59 Å². The summed E-state index contributed by atoms with van der Waals surface area (Å²) in [4.78, 5) is 34.9. The van der Waals surface area contributed by atoms with Crippen molar-refractivity contribution in [1.82, 2.24) is 20.6 Å². The number of aryl methyl sites for hydroxylation is 1. The monoisotopic (exact) mass is 353 g/mol. The molecule has 1 aromatic heterocycles. The smallest absolute Gasteiger partial charge is 0.251 e. The van der Waals surface area contributed by atoms with Crippen molar-refractivity contribution in [3.05, 3.63) is 41.6 Å². The molecule has 0 unspecified atom stereocenters. The van der Waals surface area contributed by atoms with Gasteiger partial charge in [0.25, 0.3) is 5.91 Å². The van der Waals surface area contributed by atoms with Gasteiger partial charge in [0.15, 0.2) is 0 Å². The van der Waals surface area contributed by atoms with Gasteiger partial charge in [-0.25, -0.2) is 9.97 Å². The van der Waals surface area contributed by atoms with Crippen molar-refractivity contribution in [1.29, 1.82) is 0 Å². The SMILES string of the molecule is Cc1cc(-c2ccc(C(=O)N[C@@H]3CCCNC3=O)cc2)nc(N(C)C)n1. The van der Waals surface area contributed by atoms with Gasteiger partial charge in [-0.2, -0.15) is 0 Å². The molecule has 7 heteroatoms. The molecule has 7 nitrogen and oxygen atoms in total. The predicted molar refractivity (Wildman–Crippen MR) is 100 cm³/mol. The Morgan fingerprint density at radius 3 is 2.62 bits per heavy atom. The normalized spacial score (nSPS) is 16.7. The maximum absolute atomic E-state index is 12.4. The molecule has 1 fully saturated rings. The summed E-state index contributed by atoms with van der Waals surface area (Å²) >= 11 is 0. The van der Waals surface area contributed by atoms with E-state index in [2.05, 4.69) is 20.6 Å². The Bertz CT molecular complexity index is 817. The summed E-state index contributed by atoms with van der Waals surface area (Å²) in [6.45, 7) is 2.60. The molecule has 3 rings (SSSR count). The van der Waals surface area contributed by atoms with Crippen molar-refractivity contribution in [3.8, 4) is 11.3 Å². The van der Waals surface area contributed by atoms with Crippen molar-refractivity contribution in [2.45, 2.75) is 25.8 Å². The number of nitrogens with one attached hydrogen (secondary N) is 2. The van der Waals surface area contributed by atoms with Gasteiger partial charge in [-0.15, -0.1) is 0 Å².